The van der Waals surface area contributed by atoms with Crippen LogP contribution in [0.25, 0.3) is 10.9 Å². The molecule has 0 bridgehead atoms. The molecule has 4 rings (SSSR count). The van der Waals surface area contributed by atoms with E-state index >= 15 is 0 Å². The van der Waals surface area contributed by atoms with E-state index in [1.165, 1.54) is 0 Å². The summed E-state index contributed by atoms with van der Waals surface area (Å²) >= 11 is 0. The van der Waals surface area contributed by atoms with Gasteiger partial charge in [-0.15, -0.1) is 0 Å². The van der Waals surface area contributed by atoms with Crippen molar-refractivity contribution in [3.63, 3.8) is 0 Å². The van der Waals surface area contributed by atoms with E-state index < -0.39 is 0 Å². The molecular formula is C19H18N2O3. The molecule has 1 aliphatic rings. The SMILES string of the molecule is COc1ccc2c(NCc3ccc4c(c3)OCO4)cc(C)nc2c1. The molecule has 5 heteroatoms. The summed E-state index contributed by atoms with van der Waals surface area (Å²) in [5.41, 5.74) is 4.07. The van der Waals surface area contributed by atoms with Gasteiger partial charge in [-0.05, 0) is 42.8 Å². The molecule has 1 aromatic heterocycles. The predicted octanol–water partition coefficient (Wildman–Crippen LogP) is 3.89. The van der Waals surface area contributed by atoms with Crippen molar-refractivity contribution in [1.29, 1.82) is 0 Å². The van der Waals surface area contributed by atoms with Crippen molar-refractivity contribution in [2.45, 2.75) is 13.5 Å². The van der Waals surface area contributed by atoms with Crippen LogP contribution in [0.3, 0.4) is 0 Å². The molecule has 0 aliphatic carbocycles. The van der Waals surface area contributed by atoms with Gasteiger partial charge in [-0.25, -0.2) is 0 Å². The Morgan fingerprint density at radius 1 is 1.08 bits per heavy atom. The standard InChI is InChI=1S/C19H18N2O3/c1-12-7-16(15-5-4-14(22-2)9-17(15)21-12)20-10-13-3-6-18-19(8-13)24-11-23-18/h3-9H,10-11H2,1-2H3,(H,20,21). The fraction of sp³-hybridized carbons (Fsp3) is 0.211. The number of anilines is 1. The quantitative estimate of drug-likeness (QED) is 0.789. The first-order valence-electron chi connectivity index (χ1n) is 7.81. The Morgan fingerprint density at radius 3 is 2.83 bits per heavy atom. The van der Waals surface area contributed by atoms with Gasteiger partial charge < -0.3 is 19.5 Å². The van der Waals surface area contributed by atoms with Crippen LogP contribution in [0.4, 0.5) is 5.69 Å². The summed E-state index contributed by atoms with van der Waals surface area (Å²) in [6.45, 7) is 2.98. The number of hydrogen-bond donors (Lipinski definition) is 1. The summed E-state index contributed by atoms with van der Waals surface area (Å²) in [7, 11) is 1.66. The Balaban J connectivity index is 1.62. The van der Waals surface area contributed by atoms with Gasteiger partial charge in [0.05, 0.1) is 12.6 Å². The number of rotatable bonds is 4. The van der Waals surface area contributed by atoms with Crippen molar-refractivity contribution in [1.82, 2.24) is 4.98 Å². The van der Waals surface area contributed by atoms with Gasteiger partial charge in [0, 0.05) is 29.4 Å². The van der Waals surface area contributed by atoms with Crippen molar-refractivity contribution < 1.29 is 14.2 Å². The number of benzene rings is 2. The zero-order chi connectivity index (χ0) is 16.5. The second-order valence-corrected chi connectivity index (χ2v) is 5.74. The third-order valence-electron chi connectivity index (χ3n) is 4.07. The highest BCUT2D eigenvalue weighted by Gasteiger charge is 2.13. The van der Waals surface area contributed by atoms with E-state index in [1.807, 2.05) is 43.3 Å². The smallest absolute Gasteiger partial charge is 0.231 e. The highest BCUT2D eigenvalue weighted by atomic mass is 16.7. The van der Waals surface area contributed by atoms with Gasteiger partial charge in [0.25, 0.3) is 0 Å². The number of methoxy groups -OCH3 is 1. The monoisotopic (exact) mass is 322 g/mol. The van der Waals surface area contributed by atoms with Gasteiger partial charge in [-0.2, -0.15) is 0 Å². The normalized spacial score (nSPS) is 12.4. The molecule has 0 unspecified atom stereocenters. The molecule has 24 heavy (non-hydrogen) atoms. The van der Waals surface area contributed by atoms with Gasteiger partial charge in [0.1, 0.15) is 5.75 Å². The van der Waals surface area contributed by atoms with Crippen LogP contribution in [0.15, 0.2) is 42.5 Å². The Hall–Kier alpha value is -2.95. The van der Waals surface area contributed by atoms with Crippen LogP contribution in [0.2, 0.25) is 0 Å². The van der Waals surface area contributed by atoms with Crippen molar-refractivity contribution >= 4 is 16.6 Å². The van der Waals surface area contributed by atoms with E-state index in [2.05, 4.69) is 16.4 Å². The fourth-order valence-corrected chi connectivity index (χ4v) is 2.86. The lowest BCUT2D eigenvalue weighted by Gasteiger charge is -2.12. The lowest BCUT2D eigenvalue weighted by molar-refractivity contribution is 0.174. The Kier molecular flexibility index (Phi) is 3.61. The number of aromatic nitrogens is 1. The first-order valence-corrected chi connectivity index (χ1v) is 7.81. The zero-order valence-corrected chi connectivity index (χ0v) is 13.6. The number of ether oxygens (including phenoxy) is 3. The predicted molar refractivity (Wildman–Crippen MR) is 92.9 cm³/mol. The van der Waals surface area contributed by atoms with E-state index in [-0.39, 0.29) is 0 Å². The molecule has 0 spiro atoms. The minimum atomic E-state index is 0.294. The van der Waals surface area contributed by atoms with Crippen molar-refractivity contribution in [2.24, 2.45) is 0 Å². The van der Waals surface area contributed by atoms with Crippen LogP contribution < -0.4 is 19.5 Å². The molecule has 3 aromatic rings. The average Bonchev–Trinajstić information content (AvgIpc) is 3.06. The Morgan fingerprint density at radius 2 is 1.96 bits per heavy atom. The topological polar surface area (TPSA) is 52.6 Å². The summed E-state index contributed by atoms with van der Waals surface area (Å²) < 4.78 is 16.1. The van der Waals surface area contributed by atoms with Crippen LogP contribution in [0.1, 0.15) is 11.3 Å². The van der Waals surface area contributed by atoms with Gasteiger partial charge in [-0.3, -0.25) is 4.98 Å². The fourth-order valence-electron chi connectivity index (χ4n) is 2.86. The van der Waals surface area contributed by atoms with Crippen molar-refractivity contribution in [3.05, 3.63) is 53.7 Å². The summed E-state index contributed by atoms with van der Waals surface area (Å²) in [5.74, 6) is 2.41. The molecule has 2 aromatic carbocycles. The van der Waals surface area contributed by atoms with Gasteiger partial charge in [0.2, 0.25) is 6.79 Å². The first-order chi connectivity index (χ1) is 11.7. The lowest BCUT2D eigenvalue weighted by atomic mass is 10.1. The molecule has 0 saturated heterocycles. The maximum absolute atomic E-state index is 5.43. The Labute approximate surface area is 140 Å². The van der Waals surface area contributed by atoms with Crippen LogP contribution in [-0.4, -0.2) is 18.9 Å². The molecule has 0 radical (unpaired) electrons. The maximum atomic E-state index is 5.43. The average molecular weight is 322 g/mol. The minimum Gasteiger partial charge on any atom is -0.497 e. The Bertz CT molecular complexity index is 908. The first kappa shape index (κ1) is 14.6. The van der Waals surface area contributed by atoms with E-state index in [0.717, 1.165) is 45.1 Å². The third kappa shape index (κ3) is 2.69. The number of nitrogens with one attached hydrogen (secondary N) is 1. The highest BCUT2D eigenvalue weighted by molar-refractivity contribution is 5.92. The van der Waals surface area contributed by atoms with Crippen molar-refractivity contribution in [3.8, 4) is 17.2 Å². The van der Waals surface area contributed by atoms with Gasteiger partial charge >= 0.3 is 0 Å². The zero-order valence-electron chi connectivity index (χ0n) is 13.6. The van der Waals surface area contributed by atoms with Crippen LogP contribution in [0, 0.1) is 6.92 Å². The molecule has 0 amide bonds. The summed E-state index contributed by atoms with van der Waals surface area (Å²) in [6, 6.07) is 14.0. The summed E-state index contributed by atoms with van der Waals surface area (Å²) in [5, 5.41) is 4.57. The second kappa shape index (κ2) is 5.92. The number of aryl methyl sites for hydroxylation is 1. The third-order valence-corrected chi connectivity index (χ3v) is 4.07. The van der Waals surface area contributed by atoms with Crippen LogP contribution in [0.5, 0.6) is 17.2 Å². The van der Waals surface area contributed by atoms with Crippen LogP contribution in [-0.2, 0) is 6.54 Å². The molecule has 0 fully saturated rings. The molecular weight excluding hydrogens is 304 g/mol. The molecule has 5 nitrogen and oxygen atoms in total. The number of nitrogens with zero attached hydrogens (tertiary/aromatic N) is 1. The summed E-state index contributed by atoms with van der Waals surface area (Å²) in [4.78, 5) is 4.59. The molecule has 122 valence electrons. The molecule has 0 saturated carbocycles. The van der Waals surface area contributed by atoms with Gasteiger partial charge in [-0.1, -0.05) is 6.07 Å². The lowest BCUT2D eigenvalue weighted by Crippen LogP contribution is -2.01. The highest BCUT2D eigenvalue weighted by Crippen LogP contribution is 2.33. The van der Waals surface area contributed by atoms with E-state index in [9.17, 15) is 0 Å². The van der Waals surface area contributed by atoms with E-state index in [4.69, 9.17) is 14.2 Å². The molecule has 0 atom stereocenters. The van der Waals surface area contributed by atoms with Crippen LogP contribution >= 0.6 is 0 Å². The molecule has 1 aliphatic heterocycles. The summed E-state index contributed by atoms with van der Waals surface area (Å²) in [6.07, 6.45) is 0. The maximum Gasteiger partial charge on any atom is 0.231 e. The van der Waals surface area contributed by atoms with Gasteiger partial charge in [0.15, 0.2) is 11.5 Å². The van der Waals surface area contributed by atoms with Crippen molar-refractivity contribution in [2.75, 3.05) is 19.2 Å². The number of pyridine rings is 1. The second-order valence-electron chi connectivity index (χ2n) is 5.74. The molecule has 2 heterocycles. The van der Waals surface area contributed by atoms with E-state index in [0.29, 0.717) is 13.3 Å². The minimum absolute atomic E-state index is 0.294. The molecule has 1 N–H and O–H groups in total. The van der Waals surface area contributed by atoms with E-state index in [1.54, 1.807) is 7.11 Å². The largest absolute Gasteiger partial charge is 0.497 e. The number of fused-ring (bicyclic) bond motifs is 2. The number of hydrogen-bond acceptors (Lipinski definition) is 5.